The summed E-state index contributed by atoms with van der Waals surface area (Å²) in [5.74, 6) is 1.64. The van der Waals surface area contributed by atoms with Crippen molar-refractivity contribution in [3.8, 4) is 0 Å². The molecule has 1 aliphatic heterocycles. The Bertz CT molecular complexity index is 626. The second kappa shape index (κ2) is 6.30. The molecule has 112 valence electrons. The Hall–Kier alpha value is -1.16. The second-order valence-electron chi connectivity index (χ2n) is 6.27. The molecule has 0 spiro atoms. The molecule has 3 rings (SSSR count). The van der Waals surface area contributed by atoms with Gasteiger partial charge in [0, 0.05) is 30.0 Å². The Balaban J connectivity index is 1.90. The molecule has 0 aliphatic carbocycles. The van der Waals surface area contributed by atoms with Gasteiger partial charge in [0.1, 0.15) is 5.52 Å². The molecule has 4 heteroatoms. The third-order valence-electron chi connectivity index (χ3n) is 4.58. The molecule has 3 nitrogen and oxygen atoms in total. The van der Waals surface area contributed by atoms with E-state index in [4.69, 9.17) is 0 Å². The summed E-state index contributed by atoms with van der Waals surface area (Å²) < 4.78 is 0.982. The van der Waals surface area contributed by atoms with Gasteiger partial charge in [-0.2, -0.15) is 0 Å². The van der Waals surface area contributed by atoms with Crippen molar-refractivity contribution < 1.29 is 0 Å². The van der Waals surface area contributed by atoms with Gasteiger partial charge in [0.2, 0.25) is 0 Å². The zero-order valence-electron chi connectivity index (χ0n) is 12.7. The van der Waals surface area contributed by atoms with Gasteiger partial charge in [-0.15, -0.1) is 0 Å². The van der Waals surface area contributed by atoms with E-state index in [0.717, 1.165) is 40.4 Å². The Kier molecular flexibility index (Phi) is 4.43. The minimum absolute atomic E-state index is 0.785. The maximum absolute atomic E-state index is 4.59. The topological polar surface area (TPSA) is 29.0 Å². The zero-order valence-corrected chi connectivity index (χ0v) is 14.3. The van der Waals surface area contributed by atoms with Crippen LogP contribution in [0, 0.1) is 11.8 Å². The van der Waals surface area contributed by atoms with Crippen LogP contribution in [-0.2, 0) is 0 Å². The van der Waals surface area contributed by atoms with Crippen molar-refractivity contribution in [1.82, 2.24) is 9.97 Å². The minimum atomic E-state index is 0.785. The molecule has 1 fully saturated rings. The summed E-state index contributed by atoms with van der Waals surface area (Å²) in [6, 6.07) is 4.15. The highest BCUT2D eigenvalue weighted by atomic mass is 79.9. The molecule has 0 radical (unpaired) electrons. The van der Waals surface area contributed by atoms with E-state index in [-0.39, 0.29) is 0 Å². The largest absolute Gasteiger partial charge is 0.370 e. The monoisotopic (exact) mass is 347 g/mol. The van der Waals surface area contributed by atoms with Crippen molar-refractivity contribution in [2.24, 2.45) is 11.8 Å². The van der Waals surface area contributed by atoms with Crippen molar-refractivity contribution in [2.45, 2.75) is 33.1 Å². The summed E-state index contributed by atoms with van der Waals surface area (Å²) in [5.41, 5.74) is 3.21. The van der Waals surface area contributed by atoms with E-state index in [1.165, 1.54) is 24.9 Å². The molecular formula is C17H22BrN3. The van der Waals surface area contributed by atoms with Crippen LogP contribution < -0.4 is 4.90 Å². The summed E-state index contributed by atoms with van der Waals surface area (Å²) >= 11 is 3.47. The van der Waals surface area contributed by atoms with Crippen molar-refractivity contribution in [1.29, 1.82) is 0 Å². The SMILES string of the molecule is CC(C)C1CCCN(c2ccnc3cc(Br)cnc23)CC1. The summed E-state index contributed by atoms with van der Waals surface area (Å²) in [6.07, 6.45) is 7.65. The number of hydrogen-bond acceptors (Lipinski definition) is 3. The standard InChI is InChI=1S/C17H22BrN3/c1-12(2)13-4-3-8-21(9-6-13)16-5-7-19-15-10-14(18)11-20-17(15)16/h5,7,10-13H,3-4,6,8-9H2,1-2H3. The van der Waals surface area contributed by atoms with Gasteiger partial charge in [0.05, 0.1) is 11.2 Å². The fourth-order valence-electron chi connectivity index (χ4n) is 3.28. The van der Waals surface area contributed by atoms with Crippen molar-refractivity contribution in [2.75, 3.05) is 18.0 Å². The molecule has 21 heavy (non-hydrogen) atoms. The van der Waals surface area contributed by atoms with Crippen LogP contribution in [0.1, 0.15) is 33.1 Å². The average Bonchev–Trinajstić information content (AvgIpc) is 2.72. The molecule has 0 saturated carbocycles. The molecule has 0 aromatic carbocycles. The lowest BCUT2D eigenvalue weighted by Gasteiger charge is -2.24. The third kappa shape index (κ3) is 3.20. The Morgan fingerprint density at radius 2 is 2.10 bits per heavy atom. The average molecular weight is 348 g/mol. The lowest BCUT2D eigenvalue weighted by molar-refractivity contribution is 0.351. The lowest BCUT2D eigenvalue weighted by atomic mass is 9.89. The number of rotatable bonds is 2. The van der Waals surface area contributed by atoms with Crippen LogP contribution in [-0.4, -0.2) is 23.1 Å². The first kappa shape index (κ1) is 14.8. The van der Waals surface area contributed by atoms with Crippen molar-refractivity contribution in [3.05, 3.63) is 29.0 Å². The number of halogens is 1. The fraction of sp³-hybridized carbons (Fsp3) is 0.529. The zero-order chi connectivity index (χ0) is 14.8. The number of pyridine rings is 2. The predicted octanol–water partition coefficient (Wildman–Crippen LogP) is 4.65. The van der Waals surface area contributed by atoms with Gasteiger partial charge in [-0.1, -0.05) is 13.8 Å². The summed E-state index contributed by atoms with van der Waals surface area (Å²) in [5, 5.41) is 0. The molecular weight excluding hydrogens is 326 g/mol. The normalized spacial score (nSPS) is 20.0. The predicted molar refractivity (Wildman–Crippen MR) is 91.6 cm³/mol. The smallest absolute Gasteiger partial charge is 0.112 e. The van der Waals surface area contributed by atoms with Crippen LogP contribution in [0.4, 0.5) is 5.69 Å². The van der Waals surface area contributed by atoms with Gasteiger partial charge in [0.25, 0.3) is 0 Å². The number of nitrogens with zero attached hydrogens (tertiary/aromatic N) is 3. The van der Waals surface area contributed by atoms with Gasteiger partial charge in [-0.3, -0.25) is 9.97 Å². The van der Waals surface area contributed by atoms with Crippen LogP contribution in [0.5, 0.6) is 0 Å². The molecule has 1 saturated heterocycles. The summed E-state index contributed by atoms with van der Waals surface area (Å²) in [7, 11) is 0. The van der Waals surface area contributed by atoms with E-state index in [1.807, 2.05) is 18.5 Å². The Morgan fingerprint density at radius 3 is 2.90 bits per heavy atom. The molecule has 1 unspecified atom stereocenters. The van der Waals surface area contributed by atoms with E-state index in [9.17, 15) is 0 Å². The molecule has 2 aromatic heterocycles. The number of hydrogen-bond donors (Lipinski definition) is 0. The third-order valence-corrected chi connectivity index (χ3v) is 5.01. The first-order valence-corrected chi connectivity index (χ1v) is 8.59. The van der Waals surface area contributed by atoms with Crippen LogP contribution in [0.25, 0.3) is 11.0 Å². The quantitative estimate of drug-likeness (QED) is 0.791. The number of anilines is 1. The molecule has 0 amide bonds. The molecule has 2 aromatic rings. The van der Waals surface area contributed by atoms with Crippen molar-refractivity contribution in [3.63, 3.8) is 0 Å². The van der Waals surface area contributed by atoms with E-state index < -0.39 is 0 Å². The first-order valence-electron chi connectivity index (χ1n) is 7.80. The highest BCUT2D eigenvalue weighted by Crippen LogP contribution is 2.30. The molecule has 0 bridgehead atoms. The minimum Gasteiger partial charge on any atom is -0.370 e. The summed E-state index contributed by atoms with van der Waals surface area (Å²) in [4.78, 5) is 11.5. The van der Waals surface area contributed by atoms with Crippen LogP contribution in [0.3, 0.4) is 0 Å². The molecule has 1 atom stereocenters. The van der Waals surface area contributed by atoms with Gasteiger partial charge < -0.3 is 4.90 Å². The van der Waals surface area contributed by atoms with Gasteiger partial charge in [0.15, 0.2) is 0 Å². The maximum Gasteiger partial charge on any atom is 0.112 e. The fourth-order valence-corrected chi connectivity index (χ4v) is 3.60. The van der Waals surface area contributed by atoms with Crippen LogP contribution >= 0.6 is 15.9 Å². The molecule has 3 heterocycles. The van der Waals surface area contributed by atoms with E-state index >= 15 is 0 Å². The molecule has 1 aliphatic rings. The Labute approximate surface area is 134 Å². The van der Waals surface area contributed by atoms with E-state index in [1.54, 1.807) is 0 Å². The van der Waals surface area contributed by atoms with Gasteiger partial charge in [-0.05, 0) is 59.2 Å². The Morgan fingerprint density at radius 1 is 1.24 bits per heavy atom. The second-order valence-corrected chi connectivity index (χ2v) is 7.19. The maximum atomic E-state index is 4.59. The van der Waals surface area contributed by atoms with Crippen LogP contribution in [0.15, 0.2) is 29.0 Å². The van der Waals surface area contributed by atoms with E-state index in [2.05, 4.69) is 50.7 Å². The van der Waals surface area contributed by atoms with Crippen molar-refractivity contribution >= 4 is 32.7 Å². The number of aromatic nitrogens is 2. The summed E-state index contributed by atoms with van der Waals surface area (Å²) in [6.45, 7) is 6.95. The van der Waals surface area contributed by atoms with Gasteiger partial charge in [-0.25, -0.2) is 0 Å². The lowest BCUT2D eigenvalue weighted by Crippen LogP contribution is -2.25. The highest BCUT2D eigenvalue weighted by molar-refractivity contribution is 9.10. The van der Waals surface area contributed by atoms with Gasteiger partial charge >= 0.3 is 0 Å². The highest BCUT2D eigenvalue weighted by Gasteiger charge is 2.21. The molecule has 0 N–H and O–H groups in total. The first-order chi connectivity index (χ1) is 10.1. The van der Waals surface area contributed by atoms with E-state index in [0.29, 0.717) is 0 Å². The number of fused-ring (bicyclic) bond motifs is 1. The van der Waals surface area contributed by atoms with Crippen LogP contribution in [0.2, 0.25) is 0 Å².